The van der Waals surface area contributed by atoms with E-state index in [1.165, 1.54) is 12.1 Å². The number of hydrogen-bond donors (Lipinski definition) is 3. The summed E-state index contributed by atoms with van der Waals surface area (Å²) >= 11 is 0. The standard InChI is InChI=1S/C8H10FNO2/c1-5-2-3-7(11)6(4-10-12)8(5)9/h2-3,10-12H,4H2,1H3. The Labute approximate surface area is 69.4 Å². The molecule has 66 valence electrons. The molecule has 0 fully saturated rings. The van der Waals surface area contributed by atoms with Gasteiger partial charge in [0.1, 0.15) is 11.6 Å². The minimum Gasteiger partial charge on any atom is -0.508 e. The van der Waals surface area contributed by atoms with Crippen molar-refractivity contribution >= 4 is 0 Å². The van der Waals surface area contributed by atoms with Crippen LogP contribution >= 0.6 is 0 Å². The first kappa shape index (κ1) is 8.96. The van der Waals surface area contributed by atoms with Crippen molar-refractivity contribution in [2.45, 2.75) is 13.5 Å². The van der Waals surface area contributed by atoms with Gasteiger partial charge >= 0.3 is 0 Å². The molecule has 1 aromatic carbocycles. The molecule has 12 heavy (non-hydrogen) atoms. The summed E-state index contributed by atoms with van der Waals surface area (Å²) in [5, 5.41) is 17.5. The lowest BCUT2D eigenvalue weighted by Crippen LogP contribution is -2.08. The predicted octanol–water partition coefficient (Wildman–Crippen LogP) is 1.32. The largest absolute Gasteiger partial charge is 0.508 e. The molecule has 0 bridgehead atoms. The number of nitrogens with one attached hydrogen (secondary N) is 1. The first-order chi connectivity index (χ1) is 5.66. The Bertz CT molecular complexity index is 289. The van der Waals surface area contributed by atoms with Gasteiger partial charge in [-0.15, -0.1) is 0 Å². The van der Waals surface area contributed by atoms with E-state index >= 15 is 0 Å². The van der Waals surface area contributed by atoms with Crippen LogP contribution in [0.25, 0.3) is 0 Å². The van der Waals surface area contributed by atoms with Crippen molar-refractivity contribution in [1.82, 2.24) is 5.48 Å². The maximum Gasteiger partial charge on any atom is 0.134 e. The summed E-state index contributed by atoms with van der Waals surface area (Å²) in [6.45, 7) is 1.50. The van der Waals surface area contributed by atoms with E-state index in [4.69, 9.17) is 10.3 Å². The predicted molar refractivity (Wildman–Crippen MR) is 41.4 cm³/mol. The van der Waals surface area contributed by atoms with Crippen LogP contribution in [0.3, 0.4) is 0 Å². The molecule has 0 atom stereocenters. The molecule has 1 rings (SSSR count). The van der Waals surface area contributed by atoms with Gasteiger partial charge in [-0.2, -0.15) is 0 Å². The van der Waals surface area contributed by atoms with Crippen LogP contribution in [0.1, 0.15) is 11.1 Å². The zero-order chi connectivity index (χ0) is 9.14. The van der Waals surface area contributed by atoms with E-state index in [1.807, 2.05) is 0 Å². The Kier molecular flexibility index (Phi) is 2.62. The van der Waals surface area contributed by atoms with E-state index in [-0.39, 0.29) is 17.9 Å². The fourth-order valence-corrected chi connectivity index (χ4v) is 0.975. The van der Waals surface area contributed by atoms with E-state index < -0.39 is 5.82 Å². The second kappa shape index (κ2) is 3.51. The number of hydroxylamine groups is 1. The number of rotatable bonds is 2. The van der Waals surface area contributed by atoms with Gasteiger partial charge in [-0.3, -0.25) is 0 Å². The van der Waals surface area contributed by atoms with E-state index in [9.17, 15) is 4.39 Å². The van der Waals surface area contributed by atoms with Crippen molar-refractivity contribution in [2.75, 3.05) is 0 Å². The second-order valence-corrected chi connectivity index (χ2v) is 2.53. The van der Waals surface area contributed by atoms with Crippen LogP contribution in [0, 0.1) is 12.7 Å². The molecule has 0 saturated heterocycles. The summed E-state index contributed by atoms with van der Waals surface area (Å²) in [7, 11) is 0. The highest BCUT2D eigenvalue weighted by Gasteiger charge is 2.09. The molecule has 1 aromatic rings. The van der Waals surface area contributed by atoms with Gasteiger partial charge in [-0.05, 0) is 18.6 Å². The maximum absolute atomic E-state index is 13.1. The Balaban J connectivity index is 3.14. The Morgan fingerprint density at radius 3 is 2.75 bits per heavy atom. The zero-order valence-electron chi connectivity index (χ0n) is 6.63. The maximum atomic E-state index is 13.1. The summed E-state index contributed by atoms with van der Waals surface area (Å²) < 4.78 is 13.1. The number of aryl methyl sites for hydroxylation is 1. The van der Waals surface area contributed by atoms with Crippen LogP contribution in [0.15, 0.2) is 12.1 Å². The fourth-order valence-electron chi connectivity index (χ4n) is 0.975. The molecule has 0 radical (unpaired) electrons. The number of aromatic hydroxyl groups is 1. The lowest BCUT2D eigenvalue weighted by Gasteiger charge is -2.06. The number of halogens is 1. The van der Waals surface area contributed by atoms with Crippen LogP contribution in [0.2, 0.25) is 0 Å². The summed E-state index contributed by atoms with van der Waals surface area (Å²) in [4.78, 5) is 0. The molecule has 3 nitrogen and oxygen atoms in total. The summed E-state index contributed by atoms with van der Waals surface area (Å²) in [6, 6.07) is 2.87. The van der Waals surface area contributed by atoms with Gasteiger partial charge in [0.15, 0.2) is 0 Å². The third-order valence-corrected chi connectivity index (χ3v) is 1.67. The third-order valence-electron chi connectivity index (χ3n) is 1.67. The molecule has 0 unspecified atom stereocenters. The average molecular weight is 171 g/mol. The van der Waals surface area contributed by atoms with Crippen molar-refractivity contribution in [3.05, 3.63) is 29.1 Å². The molecule has 3 N–H and O–H groups in total. The Hall–Kier alpha value is -1.13. The van der Waals surface area contributed by atoms with Gasteiger partial charge in [0.2, 0.25) is 0 Å². The summed E-state index contributed by atoms with van der Waals surface area (Å²) in [5.41, 5.74) is 2.32. The van der Waals surface area contributed by atoms with Crippen molar-refractivity contribution in [2.24, 2.45) is 0 Å². The molecule has 0 aliphatic carbocycles. The molecule has 0 spiro atoms. The molecule has 0 amide bonds. The highest BCUT2D eigenvalue weighted by atomic mass is 19.1. The monoisotopic (exact) mass is 171 g/mol. The normalized spacial score (nSPS) is 10.2. The van der Waals surface area contributed by atoms with Gasteiger partial charge < -0.3 is 10.3 Å². The van der Waals surface area contributed by atoms with E-state index in [1.54, 1.807) is 12.4 Å². The van der Waals surface area contributed by atoms with E-state index in [0.717, 1.165) is 0 Å². The quantitative estimate of drug-likeness (QED) is 0.588. The minimum atomic E-state index is -0.489. The topological polar surface area (TPSA) is 52.5 Å². The third kappa shape index (κ3) is 1.54. The molecule has 0 heterocycles. The smallest absolute Gasteiger partial charge is 0.134 e. The average Bonchev–Trinajstić information content (AvgIpc) is 2.06. The van der Waals surface area contributed by atoms with Crippen LogP contribution in [-0.4, -0.2) is 10.3 Å². The van der Waals surface area contributed by atoms with Gasteiger partial charge in [-0.25, -0.2) is 9.87 Å². The fraction of sp³-hybridized carbons (Fsp3) is 0.250. The number of benzene rings is 1. The summed E-state index contributed by atoms with van der Waals surface area (Å²) in [5.74, 6) is -0.642. The molecule has 0 aromatic heterocycles. The van der Waals surface area contributed by atoms with Gasteiger partial charge in [-0.1, -0.05) is 6.07 Å². The van der Waals surface area contributed by atoms with Gasteiger partial charge in [0, 0.05) is 5.56 Å². The lowest BCUT2D eigenvalue weighted by molar-refractivity contribution is 0.158. The van der Waals surface area contributed by atoms with Crippen molar-refractivity contribution in [3.8, 4) is 5.75 Å². The van der Waals surface area contributed by atoms with E-state index in [0.29, 0.717) is 5.56 Å². The van der Waals surface area contributed by atoms with E-state index in [2.05, 4.69) is 0 Å². The molecule has 0 aliphatic rings. The highest BCUT2D eigenvalue weighted by molar-refractivity contribution is 5.37. The Morgan fingerprint density at radius 2 is 2.17 bits per heavy atom. The number of phenols is 1. The van der Waals surface area contributed by atoms with Crippen molar-refractivity contribution in [3.63, 3.8) is 0 Å². The molecular formula is C8H10FNO2. The first-order valence-corrected chi connectivity index (χ1v) is 3.50. The van der Waals surface area contributed by atoms with Gasteiger partial charge in [0.05, 0.1) is 6.54 Å². The lowest BCUT2D eigenvalue weighted by atomic mass is 10.1. The highest BCUT2D eigenvalue weighted by Crippen LogP contribution is 2.22. The molecule has 4 heteroatoms. The first-order valence-electron chi connectivity index (χ1n) is 3.50. The molecule has 0 saturated carbocycles. The zero-order valence-corrected chi connectivity index (χ0v) is 6.63. The van der Waals surface area contributed by atoms with Crippen molar-refractivity contribution in [1.29, 1.82) is 0 Å². The SMILES string of the molecule is Cc1ccc(O)c(CNO)c1F. The minimum absolute atomic E-state index is 0.0810. The molecular weight excluding hydrogens is 161 g/mol. The Morgan fingerprint density at radius 1 is 1.50 bits per heavy atom. The van der Waals surface area contributed by atoms with Crippen LogP contribution in [-0.2, 0) is 6.54 Å². The second-order valence-electron chi connectivity index (χ2n) is 2.53. The van der Waals surface area contributed by atoms with Crippen molar-refractivity contribution < 1.29 is 14.7 Å². The number of hydrogen-bond acceptors (Lipinski definition) is 3. The summed E-state index contributed by atoms with van der Waals surface area (Å²) in [6.07, 6.45) is 0. The van der Waals surface area contributed by atoms with Crippen LogP contribution < -0.4 is 5.48 Å². The molecule has 0 aliphatic heterocycles. The van der Waals surface area contributed by atoms with Crippen LogP contribution in [0.5, 0.6) is 5.75 Å². The number of phenolic OH excluding ortho intramolecular Hbond substituents is 1. The van der Waals surface area contributed by atoms with Crippen LogP contribution in [0.4, 0.5) is 4.39 Å². The van der Waals surface area contributed by atoms with Gasteiger partial charge in [0.25, 0.3) is 0 Å².